The number of terminal acetylenes is 1. The molecule has 2 rings (SSSR count). The second-order valence-electron chi connectivity index (χ2n) is 4.22. The van der Waals surface area contributed by atoms with Crippen molar-refractivity contribution in [3.05, 3.63) is 53.7 Å². The van der Waals surface area contributed by atoms with Crippen LogP contribution in [-0.4, -0.2) is 21.0 Å². The number of aromatic nitrogens is 1. The molecule has 0 aliphatic heterocycles. The molecule has 0 radical (unpaired) electrons. The van der Waals surface area contributed by atoms with Crippen LogP contribution in [0.3, 0.4) is 0 Å². The van der Waals surface area contributed by atoms with Gasteiger partial charge in [-0.25, -0.2) is 9.19 Å². The molecule has 0 aliphatic rings. The van der Waals surface area contributed by atoms with Gasteiger partial charge in [0.2, 0.25) is 0 Å². The Balaban J connectivity index is 2.29. The number of nitrogens with two attached hydrogens (primary N) is 1. The zero-order chi connectivity index (χ0) is 15.5. The molecule has 1 atom stereocenters. The van der Waals surface area contributed by atoms with E-state index in [-0.39, 0.29) is 11.4 Å². The van der Waals surface area contributed by atoms with Crippen LogP contribution < -0.4 is 10.5 Å². The Morgan fingerprint density at radius 1 is 1.38 bits per heavy atom. The van der Waals surface area contributed by atoms with E-state index in [0.717, 1.165) is 0 Å². The minimum atomic E-state index is -2.95. The van der Waals surface area contributed by atoms with Crippen molar-refractivity contribution in [1.29, 1.82) is 0 Å². The van der Waals surface area contributed by atoms with Crippen molar-refractivity contribution >= 4 is 27.3 Å². The lowest BCUT2D eigenvalue weighted by atomic mass is 10.2. The predicted octanol–water partition coefficient (Wildman–Crippen LogP) is 1.07. The summed E-state index contributed by atoms with van der Waals surface area (Å²) in [6, 6.07) is 9.89. The molecule has 1 aromatic carbocycles. The largest absolute Gasteiger partial charge is 0.383 e. The number of amides is 1. The Morgan fingerprint density at radius 3 is 2.67 bits per heavy atom. The average Bonchev–Trinajstić information content (AvgIpc) is 2.48. The Kier molecular flexibility index (Phi) is 3.96. The lowest BCUT2D eigenvalue weighted by Crippen LogP contribution is -2.30. The van der Waals surface area contributed by atoms with Crippen molar-refractivity contribution in [3.8, 4) is 12.3 Å². The highest BCUT2D eigenvalue weighted by Crippen LogP contribution is 2.12. The molecule has 1 amide bonds. The summed E-state index contributed by atoms with van der Waals surface area (Å²) in [7, 11) is -2.95. The zero-order valence-corrected chi connectivity index (χ0v) is 11.9. The van der Waals surface area contributed by atoms with Crippen molar-refractivity contribution in [2.45, 2.75) is 4.90 Å². The summed E-state index contributed by atoms with van der Waals surface area (Å²) in [4.78, 5) is 16.4. The van der Waals surface area contributed by atoms with Crippen molar-refractivity contribution in [2.24, 2.45) is 0 Å². The standard InChI is InChI=1S/C15H13N3O2S/c1-3-11-9-12(10-17-14(11)16)15(19)18-21(2,20)13-7-5-4-6-8-13/h1,4-10H,2H2,(H2,16,17)(H,18,19,20). The number of hydrogen-bond donors (Lipinski definition) is 2. The fourth-order valence-electron chi connectivity index (χ4n) is 1.62. The van der Waals surface area contributed by atoms with Gasteiger partial charge in [0.15, 0.2) is 0 Å². The number of carbonyl (C=O) groups excluding carboxylic acids is 1. The number of benzene rings is 1. The molecule has 6 heteroatoms. The Labute approximate surface area is 123 Å². The highest BCUT2D eigenvalue weighted by atomic mass is 32.2. The van der Waals surface area contributed by atoms with Gasteiger partial charge in [-0.2, -0.15) is 0 Å². The molecular formula is C15H13N3O2S. The van der Waals surface area contributed by atoms with Crippen LogP contribution in [0.1, 0.15) is 15.9 Å². The number of pyridine rings is 1. The van der Waals surface area contributed by atoms with Gasteiger partial charge in [-0.05, 0) is 24.1 Å². The SMILES string of the molecule is C#Cc1cc(C(=O)NS(=C)(=O)c2ccccc2)cnc1N. The van der Waals surface area contributed by atoms with Crippen molar-refractivity contribution in [1.82, 2.24) is 9.71 Å². The smallest absolute Gasteiger partial charge is 0.264 e. The van der Waals surface area contributed by atoms with Crippen LogP contribution in [0.4, 0.5) is 5.82 Å². The van der Waals surface area contributed by atoms with E-state index in [1.807, 2.05) is 0 Å². The van der Waals surface area contributed by atoms with E-state index in [1.54, 1.807) is 30.3 Å². The summed E-state index contributed by atoms with van der Waals surface area (Å²) in [6.45, 7) is 0. The van der Waals surface area contributed by atoms with Gasteiger partial charge in [0, 0.05) is 11.1 Å². The van der Waals surface area contributed by atoms with Crippen molar-refractivity contribution in [2.75, 3.05) is 5.73 Å². The third-order valence-electron chi connectivity index (χ3n) is 2.72. The second-order valence-corrected chi connectivity index (χ2v) is 6.25. The Hall–Kier alpha value is -2.78. The van der Waals surface area contributed by atoms with E-state index in [4.69, 9.17) is 12.2 Å². The first-order valence-electron chi connectivity index (χ1n) is 5.90. The van der Waals surface area contributed by atoms with Crippen LogP contribution in [0.2, 0.25) is 0 Å². The van der Waals surface area contributed by atoms with Crippen molar-refractivity contribution < 1.29 is 9.00 Å². The molecule has 1 unspecified atom stereocenters. The van der Waals surface area contributed by atoms with Crippen LogP contribution in [0.25, 0.3) is 0 Å². The number of carbonyl (C=O) groups is 1. The number of nitrogen functional groups attached to an aromatic ring is 1. The zero-order valence-electron chi connectivity index (χ0n) is 11.1. The maximum atomic E-state index is 12.5. The molecule has 0 saturated carbocycles. The fourth-order valence-corrected chi connectivity index (χ4v) is 2.75. The highest BCUT2D eigenvalue weighted by molar-refractivity contribution is 7.99. The topological polar surface area (TPSA) is 85.1 Å². The van der Waals surface area contributed by atoms with E-state index in [2.05, 4.69) is 21.5 Å². The van der Waals surface area contributed by atoms with Gasteiger partial charge in [0.25, 0.3) is 5.91 Å². The van der Waals surface area contributed by atoms with E-state index < -0.39 is 15.6 Å². The van der Waals surface area contributed by atoms with Gasteiger partial charge in [-0.15, -0.1) is 6.42 Å². The van der Waals surface area contributed by atoms with Gasteiger partial charge in [-0.1, -0.05) is 24.1 Å². The minimum absolute atomic E-state index is 0.160. The molecule has 1 heterocycles. The molecule has 0 fully saturated rings. The molecule has 0 bridgehead atoms. The molecule has 21 heavy (non-hydrogen) atoms. The molecule has 106 valence electrons. The van der Waals surface area contributed by atoms with Gasteiger partial charge < -0.3 is 5.73 Å². The first-order chi connectivity index (χ1) is 9.94. The Bertz CT molecular complexity index is 822. The average molecular weight is 299 g/mol. The summed E-state index contributed by atoms with van der Waals surface area (Å²) >= 11 is 0. The molecule has 1 aromatic heterocycles. The quantitative estimate of drug-likeness (QED) is 0.655. The molecular weight excluding hydrogens is 286 g/mol. The molecule has 2 aromatic rings. The van der Waals surface area contributed by atoms with Gasteiger partial charge in [-0.3, -0.25) is 9.52 Å². The number of hydrogen-bond acceptors (Lipinski definition) is 4. The summed E-state index contributed by atoms with van der Waals surface area (Å²) in [6.07, 6.45) is 6.54. The highest BCUT2D eigenvalue weighted by Gasteiger charge is 2.14. The summed E-state index contributed by atoms with van der Waals surface area (Å²) < 4.78 is 14.9. The number of nitrogens with one attached hydrogen (secondary N) is 1. The first kappa shape index (κ1) is 14.6. The number of anilines is 1. The third-order valence-corrected chi connectivity index (χ3v) is 4.27. The molecule has 3 N–H and O–H groups in total. The molecule has 0 spiro atoms. The summed E-state index contributed by atoms with van der Waals surface area (Å²) in [5.74, 6) is 5.49. The molecule has 0 saturated heterocycles. The van der Waals surface area contributed by atoms with Crippen LogP contribution in [0.5, 0.6) is 0 Å². The van der Waals surface area contributed by atoms with E-state index in [0.29, 0.717) is 10.5 Å². The second kappa shape index (κ2) is 5.69. The van der Waals surface area contributed by atoms with Crippen LogP contribution in [0, 0.1) is 12.3 Å². The van der Waals surface area contributed by atoms with Crippen LogP contribution >= 0.6 is 0 Å². The summed E-state index contributed by atoms with van der Waals surface area (Å²) in [5.41, 5.74) is 6.04. The van der Waals surface area contributed by atoms with Crippen LogP contribution in [-0.2, 0) is 9.71 Å². The van der Waals surface area contributed by atoms with E-state index >= 15 is 0 Å². The monoisotopic (exact) mass is 299 g/mol. The first-order valence-corrected chi connectivity index (χ1v) is 7.63. The maximum absolute atomic E-state index is 12.5. The fraction of sp³-hybridized carbons (Fsp3) is 0. The third kappa shape index (κ3) is 3.22. The van der Waals surface area contributed by atoms with Crippen LogP contribution in [0.15, 0.2) is 47.5 Å². The van der Waals surface area contributed by atoms with E-state index in [9.17, 15) is 9.00 Å². The minimum Gasteiger partial charge on any atom is -0.383 e. The number of rotatable bonds is 3. The normalized spacial score (nSPS) is 12.9. The van der Waals surface area contributed by atoms with Crippen molar-refractivity contribution in [3.63, 3.8) is 0 Å². The lowest BCUT2D eigenvalue weighted by Gasteiger charge is -2.11. The van der Waals surface area contributed by atoms with Gasteiger partial charge in [0.1, 0.15) is 5.82 Å². The molecule has 5 nitrogen and oxygen atoms in total. The molecule has 0 aliphatic carbocycles. The predicted molar refractivity (Wildman–Crippen MR) is 84.0 cm³/mol. The lowest BCUT2D eigenvalue weighted by molar-refractivity contribution is 0.0982. The number of nitrogens with zero attached hydrogens (tertiary/aromatic N) is 1. The van der Waals surface area contributed by atoms with Gasteiger partial charge >= 0.3 is 0 Å². The van der Waals surface area contributed by atoms with E-state index in [1.165, 1.54) is 12.3 Å². The maximum Gasteiger partial charge on any atom is 0.264 e. The van der Waals surface area contributed by atoms with Gasteiger partial charge in [0.05, 0.1) is 20.8 Å². The Morgan fingerprint density at radius 2 is 2.05 bits per heavy atom. The summed E-state index contributed by atoms with van der Waals surface area (Å²) in [5, 5.41) is 0.